The van der Waals surface area contributed by atoms with Gasteiger partial charge in [-0.05, 0) is 62.7 Å². The van der Waals surface area contributed by atoms with Gasteiger partial charge in [0.2, 0.25) is 5.91 Å². The summed E-state index contributed by atoms with van der Waals surface area (Å²) in [4.78, 5) is 14.3. The number of nitrogens with one attached hydrogen (secondary N) is 2. The van der Waals surface area contributed by atoms with E-state index in [4.69, 9.17) is 0 Å². The number of piperidine rings is 1. The van der Waals surface area contributed by atoms with E-state index in [-0.39, 0.29) is 5.91 Å². The number of benzene rings is 1. The SMILES string of the molecule is CC(CC(=O)NCCCCN(C)c1ccccc1)C1CCCNC1. The smallest absolute Gasteiger partial charge is 0.220 e. The molecule has 24 heavy (non-hydrogen) atoms. The number of nitrogens with zero attached hydrogens (tertiary/aromatic N) is 1. The largest absolute Gasteiger partial charge is 0.375 e. The lowest BCUT2D eigenvalue weighted by atomic mass is 9.85. The maximum atomic E-state index is 12.1. The highest BCUT2D eigenvalue weighted by Gasteiger charge is 2.21. The van der Waals surface area contributed by atoms with Crippen molar-refractivity contribution >= 4 is 11.6 Å². The molecule has 2 atom stereocenters. The molecule has 0 saturated carbocycles. The maximum absolute atomic E-state index is 12.1. The van der Waals surface area contributed by atoms with Crippen LogP contribution < -0.4 is 15.5 Å². The van der Waals surface area contributed by atoms with Crippen molar-refractivity contribution in [3.05, 3.63) is 30.3 Å². The molecule has 2 unspecified atom stereocenters. The Kier molecular flexibility index (Phi) is 8.10. The van der Waals surface area contributed by atoms with Crippen molar-refractivity contribution in [1.82, 2.24) is 10.6 Å². The van der Waals surface area contributed by atoms with Gasteiger partial charge in [-0.25, -0.2) is 0 Å². The third-order valence-electron chi connectivity index (χ3n) is 5.09. The zero-order valence-corrected chi connectivity index (χ0v) is 15.3. The molecule has 1 aliphatic rings. The molecule has 0 aliphatic carbocycles. The molecule has 1 fully saturated rings. The molecule has 1 aromatic rings. The fraction of sp³-hybridized carbons (Fsp3) is 0.650. The van der Waals surface area contributed by atoms with E-state index in [0.29, 0.717) is 18.3 Å². The van der Waals surface area contributed by atoms with Crippen LogP contribution in [0.15, 0.2) is 30.3 Å². The first-order valence-corrected chi connectivity index (χ1v) is 9.40. The van der Waals surface area contributed by atoms with E-state index in [1.165, 1.54) is 18.5 Å². The van der Waals surface area contributed by atoms with Crippen LogP contribution >= 0.6 is 0 Å². The van der Waals surface area contributed by atoms with Gasteiger partial charge in [-0.2, -0.15) is 0 Å². The van der Waals surface area contributed by atoms with Crippen molar-refractivity contribution in [3.63, 3.8) is 0 Å². The topological polar surface area (TPSA) is 44.4 Å². The fourth-order valence-electron chi connectivity index (χ4n) is 3.41. The van der Waals surface area contributed by atoms with Gasteiger partial charge in [0.25, 0.3) is 0 Å². The molecule has 0 spiro atoms. The highest BCUT2D eigenvalue weighted by atomic mass is 16.1. The lowest BCUT2D eigenvalue weighted by Crippen LogP contribution is -2.35. The molecule has 1 aliphatic heterocycles. The van der Waals surface area contributed by atoms with Crippen LogP contribution in [0, 0.1) is 11.8 Å². The number of amides is 1. The molecule has 2 N–H and O–H groups in total. The summed E-state index contributed by atoms with van der Waals surface area (Å²) in [6.45, 7) is 6.22. The van der Waals surface area contributed by atoms with Crippen LogP contribution in [-0.4, -0.2) is 39.1 Å². The van der Waals surface area contributed by atoms with Gasteiger partial charge in [-0.1, -0.05) is 25.1 Å². The van der Waals surface area contributed by atoms with Gasteiger partial charge in [-0.3, -0.25) is 4.79 Å². The Hall–Kier alpha value is -1.55. The Balaban J connectivity index is 1.54. The molecular formula is C20H33N3O. The molecule has 134 valence electrons. The maximum Gasteiger partial charge on any atom is 0.220 e. The zero-order chi connectivity index (χ0) is 17.2. The van der Waals surface area contributed by atoms with Crippen LogP contribution in [0.3, 0.4) is 0 Å². The highest BCUT2D eigenvalue weighted by molar-refractivity contribution is 5.76. The quantitative estimate of drug-likeness (QED) is 0.684. The minimum atomic E-state index is 0.212. The van der Waals surface area contributed by atoms with Gasteiger partial charge in [0.05, 0.1) is 0 Å². The third-order valence-corrected chi connectivity index (χ3v) is 5.09. The zero-order valence-electron chi connectivity index (χ0n) is 15.3. The average molecular weight is 332 g/mol. The molecule has 1 amide bonds. The number of rotatable bonds is 9. The van der Waals surface area contributed by atoms with Gasteiger partial charge >= 0.3 is 0 Å². The number of hydrogen-bond acceptors (Lipinski definition) is 3. The number of para-hydroxylation sites is 1. The normalized spacial score (nSPS) is 18.8. The van der Waals surface area contributed by atoms with Gasteiger partial charge < -0.3 is 15.5 Å². The Morgan fingerprint density at radius 3 is 2.83 bits per heavy atom. The Morgan fingerprint density at radius 2 is 2.12 bits per heavy atom. The molecule has 1 saturated heterocycles. The van der Waals surface area contributed by atoms with E-state index < -0.39 is 0 Å². The summed E-state index contributed by atoms with van der Waals surface area (Å²) < 4.78 is 0. The molecule has 1 aromatic carbocycles. The van der Waals surface area contributed by atoms with E-state index >= 15 is 0 Å². The summed E-state index contributed by atoms with van der Waals surface area (Å²) in [5.74, 6) is 1.34. The second kappa shape index (κ2) is 10.3. The van der Waals surface area contributed by atoms with Crippen LogP contribution in [0.1, 0.15) is 39.0 Å². The average Bonchev–Trinajstić information content (AvgIpc) is 2.62. The van der Waals surface area contributed by atoms with Gasteiger partial charge in [0.1, 0.15) is 0 Å². The Morgan fingerprint density at radius 1 is 1.33 bits per heavy atom. The number of carbonyl (C=O) groups excluding carboxylic acids is 1. The number of hydrogen-bond donors (Lipinski definition) is 2. The molecule has 1 heterocycles. The summed E-state index contributed by atoms with van der Waals surface area (Å²) in [6, 6.07) is 10.4. The highest BCUT2D eigenvalue weighted by Crippen LogP contribution is 2.22. The van der Waals surface area contributed by atoms with Crippen molar-refractivity contribution in [1.29, 1.82) is 0 Å². The van der Waals surface area contributed by atoms with Gasteiger partial charge in [0.15, 0.2) is 0 Å². The van der Waals surface area contributed by atoms with Crippen LogP contribution in [0.25, 0.3) is 0 Å². The summed E-state index contributed by atoms with van der Waals surface area (Å²) >= 11 is 0. The van der Waals surface area contributed by atoms with Gasteiger partial charge in [-0.15, -0.1) is 0 Å². The Bertz CT molecular complexity index is 471. The number of anilines is 1. The number of carbonyl (C=O) groups is 1. The molecule has 4 heteroatoms. The molecule has 0 bridgehead atoms. The van der Waals surface area contributed by atoms with E-state index in [0.717, 1.165) is 39.0 Å². The first-order valence-electron chi connectivity index (χ1n) is 9.40. The van der Waals surface area contributed by atoms with Crippen LogP contribution in [0.5, 0.6) is 0 Å². The van der Waals surface area contributed by atoms with Crippen LogP contribution in [-0.2, 0) is 4.79 Å². The lowest BCUT2D eigenvalue weighted by Gasteiger charge is -2.28. The van der Waals surface area contributed by atoms with E-state index in [9.17, 15) is 4.79 Å². The summed E-state index contributed by atoms with van der Waals surface area (Å²) in [5.41, 5.74) is 1.25. The van der Waals surface area contributed by atoms with Crippen molar-refractivity contribution in [2.75, 3.05) is 38.1 Å². The standard InChI is InChI=1S/C20H33N3O/c1-17(18-9-8-12-21-16-18)15-20(24)22-13-6-7-14-23(2)19-10-4-3-5-11-19/h3-5,10-11,17-18,21H,6-9,12-16H2,1-2H3,(H,22,24). The van der Waals surface area contributed by atoms with E-state index in [1.54, 1.807) is 0 Å². The molecular weight excluding hydrogens is 298 g/mol. The minimum absolute atomic E-state index is 0.212. The monoisotopic (exact) mass is 331 g/mol. The second-order valence-corrected chi connectivity index (χ2v) is 7.10. The summed E-state index contributed by atoms with van der Waals surface area (Å²) in [7, 11) is 2.12. The molecule has 0 aromatic heterocycles. The van der Waals surface area contributed by atoms with Crippen molar-refractivity contribution in [2.45, 2.75) is 39.0 Å². The van der Waals surface area contributed by atoms with Crippen molar-refractivity contribution in [3.8, 4) is 0 Å². The first kappa shape index (κ1) is 18.8. The van der Waals surface area contributed by atoms with Crippen LogP contribution in [0.2, 0.25) is 0 Å². The molecule has 2 rings (SSSR count). The predicted octanol–water partition coefficient (Wildman–Crippen LogP) is 3.05. The second-order valence-electron chi connectivity index (χ2n) is 7.10. The summed E-state index contributed by atoms with van der Waals surface area (Å²) in [5, 5.41) is 6.52. The predicted molar refractivity (Wildman–Crippen MR) is 101 cm³/mol. The lowest BCUT2D eigenvalue weighted by molar-refractivity contribution is -0.122. The van der Waals surface area contributed by atoms with Crippen LogP contribution in [0.4, 0.5) is 5.69 Å². The third kappa shape index (κ3) is 6.52. The van der Waals surface area contributed by atoms with Crippen molar-refractivity contribution < 1.29 is 4.79 Å². The summed E-state index contributed by atoms with van der Waals surface area (Å²) in [6.07, 6.45) is 5.28. The van der Waals surface area contributed by atoms with E-state index in [1.807, 2.05) is 6.07 Å². The van der Waals surface area contributed by atoms with Gasteiger partial charge in [0, 0.05) is 32.2 Å². The first-order chi connectivity index (χ1) is 11.7. The Labute approximate surface area is 147 Å². The van der Waals surface area contributed by atoms with Crippen molar-refractivity contribution in [2.24, 2.45) is 11.8 Å². The van der Waals surface area contributed by atoms with E-state index in [2.05, 4.69) is 53.8 Å². The number of unbranched alkanes of at least 4 members (excludes halogenated alkanes) is 1. The minimum Gasteiger partial charge on any atom is -0.375 e. The molecule has 0 radical (unpaired) electrons. The fourth-order valence-corrected chi connectivity index (χ4v) is 3.41. The molecule has 4 nitrogen and oxygen atoms in total.